The smallest absolute Gasteiger partial charge is 0.211 e. The molecule has 1 fully saturated rings. The fourth-order valence-electron chi connectivity index (χ4n) is 1.82. The van der Waals surface area contributed by atoms with Crippen molar-refractivity contribution in [2.24, 2.45) is 5.92 Å². The van der Waals surface area contributed by atoms with Crippen LogP contribution in [0.15, 0.2) is 18.2 Å². The van der Waals surface area contributed by atoms with Crippen LogP contribution in [-0.4, -0.2) is 20.8 Å². The molecule has 0 bridgehead atoms. The van der Waals surface area contributed by atoms with E-state index in [1.54, 1.807) is 26.0 Å². The predicted molar refractivity (Wildman–Crippen MR) is 75.6 cm³/mol. The molecule has 1 aliphatic rings. The Morgan fingerprint density at radius 2 is 2.15 bits per heavy atom. The van der Waals surface area contributed by atoms with Crippen LogP contribution in [0.3, 0.4) is 0 Å². The number of benzene rings is 1. The van der Waals surface area contributed by atoms with E-state index < -0.39 is 21.9 Å². The van der Waals surface area contributed by atoms with E-state index in [2.05, 4.69) is 4.72 Å². The predicted octanol–water partition coefficient (Wildman–Crippen LogP) is 2.61. The van der Waals surface area contributed by atoms with E-state index in [0.717, 1.165) is 12.8 Å². The highest BCUT2D eigenvalue weighted by atomic mass is 32.2. The number of rotatable bonds is 7. The van der Waals surface area contributed by atoms with Gasteiger partial charge in [0, 0.05) is 6.04 Å². The maximum Gasteiger partial charge on any atom is 0.211 e. The van der Waals surface area contributed by atoms with Crippen LogP contribution in [0.5, 0.6) is 5.75 Å². The van der Waals surface area contributed by atoms with Crippen LogP contribution < -0.4 is 9.46 Å². The first-order chi connectivity index (χ1) is 9.41. The quantitative estimate of drug-likeness (QED) is 0.842. The molecule has 1 saturated carbocycles. The number of hydrogen-bond acceptors (Lipinski definition) is 3. The number of hydrogen-bond donors (Lipinski definition) is 1. The Labute approximate surface area is 119 Å². The van der Waals surface area contributed by atoms with Gasteiger partial charge in [0.15, 0.2) is 11.6 Å². The van der Waals surface area contributed by atoms with E-state index in [1.165, 1.54) is 6.07 Å². The van der Waals surface area contributed by atoms with Gasteiger partial charge in [-0.25, -0.2) is 17.5 Å². The average Bonchev–Trinajstić information content (AvgIpc) is 3.21. The molecular weight excluding hydrogens is 281 g/mol. The fourth-order valence-corrected chi connectivity index (χ4v) is 2.66. The average molecular weight is 301 g/mol. The Bertz CT molecular complexity index is 570. The number of ether oxygens (including phenoxy) is 1. The number of nitrogens with one attached hydrogen (secondary N) is 1. The monoisotopic (exact) mass is 301 g/mol. The summed E-state index contributed by atoms with van der Waals surface area (Å²) in [5.41, 5.74) is 0.582. The summed E-state index contributed by atoms with van der Waals surface area (Å²) >= 11 is 0. The summed E-state index contributed by atoms with van der Waals surface area (Å²) in [6.07, 6.45) is 2.30. The summed E-state index contributed by atoms with van der Waals surface area (Å²) in [6, 6.07) is 4.11. The molecule has 0 unspecified atom stereocenters. The summed E-state index contributed by atoms with van der Waals surface area (Å²) in [5.74, 6) is 0.337. The zero-order valence-electron chi connectivity index (χ0n) is 11.7. The summed E-state index contributed by atoms with van der Waals surface area (Å²) in [6.45, 7) is 3.80. The second-order valence-corrected chi connectivity index (χ2v) is 7.23. The highest BCUT2D eigenvalue weighted by Gasteiger charge is 2.22. The SMILES string of the molecule is CCS(=O)(=O)N[C@@H](C)c1ccc(OCC2CC2)c(F)c1. The van der Waals surface area contributed by atoms with Crippen LogP contribution in [-0.2, 0) is 10.0 Å². The van der Waals surface area contributed by atoms with Crippen molar-refractivity contribution in [3.8, 4) is 5.75 Å². The second kappa shape index (κ2) is 6.10. The molecule has 1 aromatic rings. The van der Waals surface area contributed by atoms with Crippen molar-refractivity contribution in [1.82, 2.24) is 4.72 Å². The zero-order chi connectivity index (χ0) is 14.8. The lowest BCUT2D eigenvalue weighted by molar-refractivity contribution is 0.285. The molecule has 0 heterocycles. The molecule has 1 N–H and O–H groups in total. The summed E-state index contributed by atoms with van der Waals surface area (Å²) in [7, 11) is -3.31. The van der Waals surface area contributed by atoms with Gasteiger partial charge in [-0.2, -0.15) is 0 Å². The van der Waals surface area contributed by atoms with Gasteiger partial charge >= 0.3 is 0 Å². The van der Waals surface area contributed by atoms with Crippen LogP contribution >= 0.6 is 0 Å². The van der Waals surface area contributed by atoms with E-state index in [-0.39, 0.29) is 11.5 Å². The van der Waals surface area contributed by atoms with Crippen molar-refractivity contribution in [1.29, 1.82) is 0 Å². The molecule has 0 saturated heterocycles. The van der Waals surface area contributed by atoms with E-state index >= 15 is 0 Å². The minimum absolute atomic E-state index is 0.00239. The van der Waals surface area contributed by atoms with Crippen molar-refractivity contribution < 1.29 is 17.5 Å². The van der Waals surface area contributed by atoms with Crippen molar-refractivity contribution in [2.75, 3.05) is 12.4 Å². The number of sulfonamides is 1. The molecule has 0 amide bonds. The standard InChI is InChI=1S/C14H20FNO3S/c1-3-20(17,18)16-10(2)12-6-7-14(13(15)8-12)19-9-11-4-5-11/h6-8,10-11,16H,3-5,9H2,1-2H3/t10-/m0/s1. The molecular formula is C14H20FNO3S. The van der Waals surface area contributed by atoms with Crippen molar-refractivity contribution in [2.45, 2.75) is 32.7 Å². The summed E-state index contributed by atoms with van der Waals surface area (Å²) in [4.78, 5) is 0. The molecule has 0 spiro atoms. The Morgan fingerprint density at radius 3 is 2.70 bits per heavy atom. The minimum atomic E-state index is -3.31. The first-order valence-electron chi connectivity index (χ1n) is 6.83. The van der Waals surface area contributed by atoms with Gasteiger partial charge in [0.05, 0.1) is 12.4 Å². The third-order valence-electron chi connectivity index (χ3n) is 3.36. The highest BCUT2D eigenvalue weighted by Crippen LogP contribution is 2.30. The normalized spacial score (nSPS) is 16.9. The molecule has 112 valence electrons. The first-order valence-corrected chi connectivity index (χ1v) is 8.48. The van der Waals surface area contributed by atoms with Gasteiger partial charge < -0.3 is 4.74 Å². The number of halogens is 1. The molecule has 0 aliphatic heterocycles. The molecule has 4 nitrogen and oxygen atoms in total. The molecule has 1 aliphatic carbocycles. The second-order valence-electron chi connectivity index (χ2n) is 5.19. The Hall–Kier alpha value is -1.14. The van der Waals surface area contributed by atoms with Gasteiger partial charge in [-0.1, -0.05) is 6.07 Å². The highest BCUT2D eigenvalue weighted by molar-refractivity contribution is 7.89. The maximum atomic E-state index is 13.9. The van der Waals surface area contributed by atoms with Gasteiger partial charge in [0.2, 0.25) is 10.0 Å². The minimum Gasteiger partial charge on any atom is -0.490 e. The van der Waals surface area contributed by atoms with E-state index in [1.807, 2.05) is 0 Å². The van der Waals surface area contributed by atoms with Crippen LogP contribution in [0, 0.1) is 11.7 Å². The third kappa shape index (κ3) is 4.18. The zero-order valence-corrected chi connectivity index (χ0v) is 12.5. The van der Waals surface area contributed by atoms with Gasteiger partial charge in [-0.15, -0.1) is 0 Å². The lowest BCUT2D eigenvalue weighted by Crippen LogP contribution is -2.28. The van der Waals surface area contributed by atoms with Crippen molar-refractivity contribution >= 4 is 10.0 Å². The third-order valence-corrected chi connectivity index (χ3v) is 4.84. The van der Waals surface area contributed by atoms with E-state index in [4.69, 9.17) is 4.74 Å². The fraction of sp³-hybridized carbons (Fsp3) is 0.571. The van der Waals surface area contributed by atoms with Crippen molar-refractivity contribution in [3.63, 3.8) is 0 Å². The Balaban J connectivity index is 2.03. The van der Waals surface area contributed by atoms with Crippen LogP contribution in [0.25, 0.3) is 0 Å². The van der Waals surface area contributed by atoms with E-state index in [9.17, 15) is 12.8 Å². The lowest BCUT2D eigenvalue weighted by atomic mass is 10.1. The van der Waals surface area contributed by atoms with Gasteiger partial charge in [-0.05, 0) is 50.3 Å². The molecule has 6 heteroatoms. The van der Waals surface area contributed by atoms with Crippen LogP contribution in [0.1, 0.15) is 38.3 Å². The van der Waals surface area contributed by atoms with Crippen molar-refractivity contribution in [3.05, 3.63) is 29.6 Å². The van der Waals surface area contributed by atoms with Gasteiger partial charge in [-0.3, -0.25) is 0 Å². The topological polar surface area (TPSA) is 55.4 Å². The van der Waals surface area contributed by atoms with E-state index in [0.29, 0.717) is 18.1 Å². The molecule has 2 rings (SSSR count). The lowest BCUT2D eigenvalue weighted by Gasteiger charge is -2.15. The maximum absolute atomic E-state index is 13.9. The molecule has 1 aromatic carbocycles. The summed E-state index contributed by atoms with van der Waals surface area (Å²) < 4.78 is 44.8. The molecule has 20 heavy (non-hydrogen) atoms. The van der Waals surface area contributed by atoms with Gasteiger partial charge in [0.1, 0.15) is 0 Å². The first kappa shape index (κ1) is 15.3. The Kier molecular flexibility index (Phi) is 4.65. The molecule has 0 aromatic heterocycles. The Morgan fingerprint density at radius 1 is 1.45 bits per heavy atom. The largest absolute Gasteiger partial charge is 0.490 e. The molecule has 1 atom stereocenters. The summed E-state index contributed by atoms with van der Waals surface area (Å²) in [5, 5.41) is 0. The van der Waals surface area contributed by atoms with Crippen LogP contribution in [0.4, 0.5) is 4.39 Å². The molecule has 0 radical (unpaired) electrons. The van der Waals surface area contributed by atoms with Crippen LogP contribution in [0.2, 0.25) is 0 Å². The van der Waals surface area contributed by atoms with Gasteiger partial charge in [0.25, 0.3) is 0 Å².